The number of nitro benzene ring substituents is 1. The maximum atomic E-state index is 12.2. The molecule has 0 atom stereocenters. The van der Waals surface area contributed by atoms with Crippen LogP contribution in [0.2, 0.25) is 0 Å². The van der Waals surface area contributed by atoms with E-state index in [4.69, 9.17) is 0 Å². The van der Waals surface area contributed by atoms with Gasteiger partial charge < -0.3 is 16.0 Å². The number of hydrogen-bond acceptors (Lipinski definition) is 5. The molecule has 0 aliphatic carbocycles. The summed E-state index contributed by atoms with van der Waals surface area (Å²) >= 11 is 0. The van der Waals surface area contributed by atoms with Crippen molar-refractivity contribution in [1.29, 1.82) is 0 Å². The summed E-state index contributed by atoms with van der Waals surface area (Å²) in [6.07, 6.45) is 1.64. The van der Waals surface area contributed by atoms with E-state index in [1.807, 2.05) is 0 Å². The van der Waals surface area contributed by atoms with Gasteiger partial charge in [-0.25, -0.2) is 0 Å². The van der Waals surface area contributed by atoms with Crippen LogP contribution in [0.25, 0.3) is 0 Å². The first kappa shape index (κ1) is 19.6. The average Bonchev–Trinajstić information content (AvgIpc) is 2.66. The molecular formula is C19H20N4O4. The van der Waals surface area contributed by atoms with Crippen LogP contribution in [-0.4, -0.2) is 29.8 Å². The molecule has 8 nitrogen and oxygen atoms in total. The van der Waals surface area contributed by atoms with Crippen LogP contribution < -0.4 is 16.0 Å². The van der Waals surface area contributed by atoms with E-state index >= 15 is 0 Å². The van der Waals surface area contributed by atoms with E-state index in [0.29, 0.717) is 23.5 Å². The van der Waals surface area contributed by atoms with Gasteiger partial charge in [-0.3, -0.25) is 19.7 Å². The van der Waals surface area contributed by atoms with E-state index in [1.54, 1.807) is 48.5 Å². The molecule has 0 fully saturated rings. The number of anilines is 2. The second kappa shape index (κ2) is 9.71. The van der Waals surface area contributed by atoms with Crippen LogP contribution in [0.4, 0.5) is 17.1 Å². The molecule has 0 bridgehead atoms. The van der Waals surface area contributed by atoms with Gasteiger partial charge in [0.05, 0.1) is 16.2 Å². The average molecular weight is 368 g/mol. The Bertz CT molecular complexity index is 851. The Kier molecular flexibility index (Phi) is 7.07. The third-order valence-corrected chi connectivity index (χ3v) is 3.62. The molecular weight excluding hydrogens is 348 g/mol. The summed E-state index contributed by atoms with van der Waals surface area (Å²) < 4.78 is 0. The molecule has 0 spiro atoms. The van der Waals surface area contributed by atoms with Crippen molar-refractivity contribution in [1.82, 2.24) is 5.32 Å². The van der Waals surface area contributed by atoms with Crippen molar-refractivity contribution in [2.45, 2.75) is 6.42 Å². The molecule has 2 aromatic carbocycles. The molecule has 8 heteroatoms. The quantitative estimate of drug-likeness (QED) is 0.358. The van der Waals surface area contributed by atoms with E-state index in [0.717, 1.165) is 0 Å². The number of benzene rings is 2. The standard InChI is InChI=1S/C19H20N4O4/c1-2-12-21-19(25)14-7-3-4-8-15(14)22-18(24)11-13-20-16-9-5-6-10-17(16)23(26)27/h2-10,20H,1,11-13H2,(H,21,25)(H,22,24). The van der Waals surface area contributed by atoms with Gasteiger partial charge in [-0.2, -0.15) is 0 Å². The van der Waals surface area contributed by atoms with Gasteiger partial charge in [0.25, 0.3) is 11.6 Å². The molecule has 0 aliphatic heterocycles. The van der Waals surface area contributed by atoms with Crippen molar-refractivity contribution in [2.75, 3.05) is 23.7 Å². The molecule has 3 N–H and O–H groups in total. The van der Waals surface area contributed by atoms with Crippen LogP contribution in [0.5, 0.6) is 0 Å². The van der Waals surface area contributed by atoms with E-state index in [-0.39, 0.29) is 30.5 Å². The van der Waals surface area contributed by atoms with Crippen LogP contribution in [0, 0.1) is 10.1 Å². The molecule has 0 aromatic heterocycles. The predicted molar refractivity (Wildman–Crippen MR) is 104 cm³/mol. The Balaban J connectivity index is 1.94. The first-order valence-electron chi connectivity index (χ1n) is 8.28. The van der Waals surface area contributed by atoms with Crippen molar-refractivity contribution in [3.05, 3.63) is 76.9 Å². The van der Waals surface area contributed by atoms with Gasteiger partial charge in [-0.1, -0.05) is 30.3 Å². The SMILES string of the molecule is C=CCNC(=O)c1ccccc1NC(=O)CCNc1ccccc1[N+](=O)[O-]. The molecule has 0 unspecified atom stereocenters. The van der Waals surface area contributed by atoms with Crippen molar-refractivity contribution >= 4 is 28.9 Å². The zero-order valence-electron chi connectivity index (χ0n) is 14.6. The first-order chi connectivity index (χ1) is 13.0. The summed E-state index contributed by atoms with van der Waals surface area (Å²) in [4.78, 5) is 34.8. The fourth-order valence-corrected chi connectivity index (χ4v) is 2.36. The monoisotopic (exact) mass is 368 g/mol. The number of carbonyl (C=O) groups excluding carboxylic acids is 2. The van der Waals surface area contributed by atoms with Crippen molar-refractivity contribution in [2.24, 2.45) is 0 Å². The fraction of sp³-hybridized carbons (Fsp3) is 0.158. The second-order valence-corrected chi connectivity index (χ2v) is 5.54. The van der Waals surface area contributed by atoms with Crippen LogP contribution in [0.15, 0.2) is 61.2 Å². The highest BCUT2D eigenvalue weighted by Gasteiger charge is 2.14. The summed E-state index contributed by atoms with van der Waals surface area (Å²) in [5.74, 6) is -0.631. The Morgan fingerprint density at radius 1 is 1.07 bits per heavy atom. The van der Waals surface area contributed by atoms with Crippen LogP contribution in [-0.2, 0) is 4.79 Å². The van der Waals surface area contributed by atoms with E-state index in [1.165, 1.54) is 6.07 Å². The minimum atomic E-state index is -0.486. The molecule has 0 aliphatic rings. The summed E-state index contributed by atoms with van der Waals surface area (Å²) in [5, 5.41) is 19.2. The number of nitrogens with zero attached hydrogens (tertiary/aromatic N) is 1. The minimum absolute atomic E-state index is 0.0536. The van der Waals surface area contributed by atoms with Gasteiger partial charge in [0, 0.05) is 25.6 Å². The molecule has 2 amide bonds. The Labute approximate surface area is 156 Å². The third kappa shape index (κ3) is 5.67. The maximum Gasteiger partial charge on any atom is 0.292 e. The molecule has 140 valence electrons. The highest BCUT2D eigenvalue weighted by atomic mass is 16.6. The van der Waals surface area contributed by atoms with Crippen LogP contribution in [0.3, 0.4) is 0 Å². The van der Waals surface area contributed by atoms with E-state index in [2.05, 4.69) is 22.5 Å². The summed E-state index contributed by atoms with van der Waals surface area (Å²) in [7, 11) is 0. The van der Waals surface area contributed by atoms with Gasteiger partial charge in [-0.15, -0.1) is 6.58 Å². The maximum absolute atomic E-state index is 12.2. The molecule has 0 saturated heterocycles. The fourth-order valence-electron chi connectivity index (χ4n) is 2.36. The number of para-hydroxylation sites is 3. The van der Waals surface area contributed by atoms with Crippen LogP contribution in [0.1, 0.15) is 16.8 Å². The molecule has 27 heavy (non-hydrogen) atoms. The lowest BCUT2D eigenvalue weighted by atomic mass is 10.1. The number of rotatable bonds is 9. The predicted octanol–water partition coefficient (Wildman–Crippen LogP) is 2.95. The molecule has 2 aromatic rings. The summed E-state index contributed by atoms with van der Waals surface area (Å²) in [5.41, 5.74) is 1.04. The number of hydrogen-bond donors (Lipinski definition) is 3. The Morgan fingerprint density at radius 3 is 2.44 bits per heavy atom. The van der Waals surface area contributed by atoms with Gasteiger partial charge in [0.1, 0.15) is 5.69 Å². The Hall–Kier alpha value is -3.68. The van der Waals surface area contributed by atoms with E-state index in [9.17, 15) is 19.7 Å². The zero-order valence-corrected chi connectivity index (χ0v) is 14.6. The van der Waals surface area contributed by atoms with Gasteiger partial charge in [-0.05, 0) is 18.2 Å². The van der Waals surface area contributed by atoms with Crippen molar-refractivity contribution in [3.63, 3.8) is 0 Å². The summed E-state index contributed by atoms with van der Waals surface area (Å²) in [6, 6.07) is 12.9. The minimum Gasteiger partial charge on any atom is -0.379 e. The van der Waals surface area contributed by atoms with Crippen molar-refractivity contribution in [3.8, 4) is 0 Å². The van der Waals surface area contributed by atoms with Gasteiger partial charge in [0.15, 0.2) is 0 Å². The molecule has 0 radical (unpaired) electrons. The zero-order chi connectivity index (χ0) is 19.6. The van der Waals surface area contributed by atoms with Gasteiger partial charge in [0.2, 0.25) is 5.91 Å². The molecule has 0 heterocycles. The van der Waals surface area contributed by atoms with E-state index < -0.39 is 4.92 Å². The normalized spacial score (nSPS) is 9.93. The highest BCUT2D eigenvalue weighted by molar-refractivity contribution is 6.03. The largest absolute Gasteiger partial charge is 0.379 e. The van der Waals surface area contributed by atoms with Crippen molar-refractivity contribution < 1.29 is 14.5 Å². The highest BCUT2D eigenvalue weighted by Crippen LogP contribution is 2.23. The topological polar surface area (TPSA) is 113 Å². The smallest absolute Gasteiger partial charge is 0.292 e. The number of carbonyl (C=O) groups is 2. The van der Waals surface area contributed by atoms with Gasteiger partial charge >= 0.3 is 0 Å². The number of nitrogens with one attached hydrogen (secondary N) is 3. The number of nitro groups is 1. The Morgan fingerprint density at radius 2 is 1.74 bits per heavy atom. The summed E-state index contributed by atoms with van der Waals surface area (Å²) in [6.45, 7) is 4.07. The van der Waals surface area contributed by atoms with Crippen LogP contribution >= 0.6 is 0 Å². The first-order valence-corrected chi connectivity index (χ1v) is 8.28. The second-order valence-electron chi connectivity index (χ2n) is 5.54. The lowest BCUT2D eigenvalue weighted by molar-refractivity contribution is -0.384. The molecule has 2 rings (SSSR count). The lowest BCUT2D eigenvalue weighted by Gasteiger charge is -2.11. The molecule has 0 saturated carbocycles. The number of amides is 2. The lowest BCUT2D eigenvalue weighted by Crippen LogP contribution is -2.25. The third-order valence-electron chi connectivity index (χ3n) is 3.62.